The third kappa shape index (κ3) is 2.46. The van der Waals surface area contributed by atoms with E-state index in [0.29, 0.717) is 5.95 Å². The molecule has 0 fully saturated rings. The van der Waals surface area contributed by atoms with Crippen LogP contribution in [0.4, 0.5) is 5.95 Å². The van der Waals surface area contributed by atoms with Gasteiger partial charge in [0.1, 0.15) is 0 Å². The first-order valence-corrected chi connectivity index (χ1v) is 6.83. The molecule has 0 saturated heterocycles. The molecular formula is C14H13BrN4. The third-order valence-electron chi connectivity index (χ3n) is 3.11. The van der Waals surface area contributed by atoms with Gasteiger partial charge in [-0.15, -0.1) is 0 Å². The SMILES string of the molecule is Nc1nc2ccc(Br)cc2n1CCc1ccncc1. The molecule has 0 amide bonds. The number of fused-ring (bicyclic) bond motifs is 1. The van der Waals surface area contributed by atoms with Crippen LogP contribution >= 0.6 is 15.9 Å². The van der Waals surface area contributed by atoms with Crippen molar-refractivity contribution < 1.29 is 0 Å². The number of aryl methyl sites for hydroxylation is 2. The second-order valence-electron chi connectivity index (χ2n) is 4.36. The van der Waals surface area contributed by atoms with Crippen molar-refractivity contribution in [3.63, 3.8) is 0 Å². The number of nitrogens with two attached hydrogens (primary N) is 1. The van der Waals surface area contributed by atoms with Crippen molar-refractivity contribution in [3.8, 4) is 0 Å². The van der Waals surface area contributed by atoms with Crippen LogP contribution in [0.5, 0.6) is 0 Å². The van der Waals surface area contributed by atoms with Crippen molar-refractivity contribution in [3.05, 3.63) is 52.8 Å². The normalized spacial score (nSPS) is 11.0. The van der Waals surface area contributed by atoms with E-state index in [1.807, 2.05) is 34.9 Å². The average molecular weight is 317 g/mol. The monoisotopic (exact) mass is 316 g/mol. The van der Waals surface area contributed by atoms with Crippen LogP contribution in [0.1, 0.15) is 5.56 Å². The zero-order chi connectivity index (χ0) is 13.2. The van der Waals surface area contributed by atoms with Crippen molar-refractivity contribution in [1.29, 1.82) is 0 Å². The molecule has 2 heterocycles. The Morgan fingerprint density at radius 2 is 1.95 bits per heavy atom. The third-order valence-corrected chi connectivity index (χ3v) is 3.61. The van der Waals surface area contributed by atoms with E-state index in [-0.39, 0.29) is 0 Å². The van der Waals surface area contributed by atoms with Gasteiger partial charge >= 0.3 is 0 Å². The maximum atomic E-state index is 5.99. The fourth-order valence-electron chi connectivity index (χ4n) is 2.14. The first-order chi connectivity index (χ1) is 9.24. The van der Waals surface area contributed by atoms with Gasteiger partial charge in [0, 0.05) is 23.4 Å². The Hall–Kier alpha value is -1.88. The van der Waals surface area contributed by atoms with Gasteiger partial charge in [-0.05, 0) is 42.3 Å². The zero-order valence-electron chi connectivity index (χ0n) is 10.3. The summed E-state index contributed by atoms with van der Waals surface area (Å²) in [6.07, 6.45) is 4.52. The Kier molecular flexibility index (Phi) is 3.21. The number of imidazole rings is 1. The Labute approximate surface area is 119 Å². The summed E-state index contributed by atoms with van der Waals surface area (Å²) < 4.78 is 3.07. The topological polar surface area (TPSA) is 56.7 Å². The van der Waals surface area contributed by atoms with Crippen LogP contribution in [0.3, 0.4) is 0 Å². The molecule has 1 aromatic carbocycles. The Balaban J connectivity index is 1.92. The lowest BCUT2D eigenvalue weighted by Crippen LogP contribution is -2.05. The van der Waals surface area contributed by atoms with Gasteiger partial charge in [0.15, 0.2) is 0 Å². The van der Waals surface area contributed by atoms with Crippen LogP contribution in [-0.2, 0) is 13.0 Å². The Morgan fingerprint density at radius 3 is 2.74 bits per heavy atom. The number of hydrogen-bond donors (Lipinski definition) is 1. The molecule has 3 rings (SSSR count). The van der Waals surface area contributed by atoms with Gasteiger partial charge in [-0.1, -0.05) is 15.9 Å². The smallest absolute Gasteiger partial charge is 0.201 e. The van der Waals surface area contributed by atoms with E-state index in [1.165, 1.54) is 5.56 Å². The molecule has 0 unspecified atom stereocenters. The molecule has 0 aliphatic rings. The van der Waals surface area contributed by atoms with Gasteiger partial charge < -0.3 is 10.3 Å². The zero-order valence-corrected chi connectivity index (χ0v) is 11.8. The fraction of sp³-hybridized carbons (Fsp3) is 0.143. The van der Waals surface area contributed by atoms with Gasteiger partial charge in [-0.2, -0.15) is 0 Å². The number of anilines is 1. The molecule has 5 heteroatoms. The molecule has 0 aliphatic heterocycles. The van der Waals surface area contributed by atoms with Crippen molar-refractivity contribution in [1.82, 2.24) is 14.5 Å². The van der Waals surface area contributed by atoms with E-state index >= 15 is 0 Å². The number of pyridine rings is 1. The largest absolute Gasteiger partial charge is 0.369 e. The Bertz CT molecular complexity index is 706. The van der Waals surface area contributed by atoms with Gasteiger partial charge in [0.05, 0.1) is 11.0 Å². The highest BCUT2D eigenvalue weighted by atomic mass is 79.9. The molecule has 0 radical (unpaired) electrons. The van der Waals surface area contributed by atoms with E-state index in [0.717, 1.165) is 28.5 Å². The van der Waals surface area contributed by atoms with Crippen molar-refractivity contribution in [2.75, 3.05) is 5.73 Å². The van der Waals surface area contributed by atoms with Crippen LogP contribution in [0.2, 0.25) is 0 Å². The summed E-state index contributed by atoms with van der Waals surface area (Å²) in [5, 5.41) is 0. The maximum Gasteiger partial charge on any atom is 0.201 e. The number of benzene rings is 1. The molecule has 3 aromatic rings. The lowest BCUT2D eigenvalue weighted by Gasteiger charge is -2.06. The highest BCUT2D eigenvalue weighted by Gasteiger charge is 2.08. The molecular weight excluding hydrogens is 304 g/mol. The van der Waals surface area contributed by atoms with Gasteiger partial charge in [-0.25, -0.2) is 4.98 Å². The molecule has 2 aromatic heterocycles. The summed E-state index contributed by atoms with van der Waals surface area (Å²) >= 11 is 3.48. The highest BCUT2D eigenvalue weighted by molar-refractivity contribution is 9.10. The quantitative estimate of drug-likeness (QED) is 0.808. The standard InChI is InChI=1S/C14H13BrN4/c15-11-1-2-12-13(9-11)19(14(16)18-12)8-5-10-3-6-17-7-4-10/h1-4,6-7,9H,5,8H2,(H2,16,18). The van der Waals surface area contributed by atoms with Crippen LogP contribution in [-0.4, -0.2) is 14.5 Å². The highest BCUT2D eigenvalue weighted by Crippen LogP contribution is 2.22. The number of halogens is 1. The molecule has 0 saturated carbocycles. The van der Waals surface area contributed by atoms with Gasteiger partial charge in [0.2, 0.25) is 5.95 Å². The first-order valence-electron chi connectivity index (χ1n) is 6.04. The van der Waals surface area contributed by atoms with Gasteiger partial charge in [-0.3, -0.25) is 4.98 Å². The summed E-state index contributed by atoms with van der Waals surface area (Å²) in [4.78, 5) is 8.39. The molecule has 4 nitrogen and oxygen atoms in total. The predicted molar refractivity (Wildman–Crippen MR) is 79.8 cm³/mol. The summed E-state index contributed by atoms with van der Waals surface area (Å²) in [5.74, 6) is 0.558. The van der Waals surface area contributed by atoms with E-state index in [1.54, 1.807) is 12.4 Å². The molecule has 96 valence electrons. The molecule has 0 bridgehead atoms. The van der Waals surface area contributed by atoms with Gasteiger partial charge in [0.25, 0.3) is 0 Å². The van der Waals surface area contributed by atoms with E-state index < -0.39 is 0 Å². The van der Waals surface area contributed by atoms with Crippen LogP contribution in [0.15, 0.2) is 47.2 Å². The molecule has 0 atom stereocenters. The second-order valence-corrected chi connectivity index (χ2v) is 5.28. The Morgan fingerprint density at radius 1 is 1.16 bits per heavy atom. The minimum Gasteiger partial charge on any atom is -0.369 e. The van der Waals surface area contributed by atoms with Crippen molar-refractivity contribution >= 4 is 32.9 Å². The van der Waals surface area contributed by atoms with E-state index in [2.05, 4.69) is 25.9 Å². The molecule has 19 heavy (non-hydrogen) atoms. The number of nitrogens with zero attached hydrogens (tertiary/aromatic N) is 3. The summed E-state index contributed by atoms with van der Waals surface area (Å²) in [6.45, 7) is 0.808. The molecule has 0 aliphatic carbocycles. The second kappa shape index (κ2) is 5.01. The first kappa shape index (κ1) is 12.2. The minimum atomic E-state index is 0.558. The summed E-state index contributed by atoms with van der Waals surface area (Å²) in [6, 6.07) is 10.0. The lowest BCUT2D eigenvalue weighted by molar-refractivity contribution is 0.725. The summed E-state index contributed by atoms with van der Waals surface area (Å²) in [7, 11) is 0. The number of hydrogen-bond acceptors (Lipinski definition) is 3. The van der Waals surface area contributed by atoms with Crippen LogP contribution < -0.4 is 5.73 Å². The van der Waals surface area contributed by atoms with Crippen molar-refractivity contribution in [2.45, 2.75) is 13.0 Å². The maximum absolute atomic E-state index is 5.99. The van der Waals surface area contributed by atoms with Crippen LogP contribution in [0.25, 0.3) is 11.0 Å². The van der Waals surface area contributed by atoms with E-state index in [4.69, 9.17) is 5.73 Å². The van der Waals surface area contributed by atoms with Crippen molar-refractivity contribution in [2.24, 2.45) is 0 Å². The van der Waals surface area contributed by atoms with Crippen LogP contribution in [0, 0.1) is 0 Å². The average Bonchev–Trinajstić information content (AvgIpc) is 2.73. The summed E-state index contributed by atoms with van der Waals surface area (Å²) in [5.41, 5.74) is 9.22. The minimum absolute atomic E-state index is 0.558. The number of nitrogen functional groups attached to an aromatic ring is 1. The number of rotatable bonds is 3. The molecule has 0 spiro atoms. The predicted octanol–water partition coefficient (Wildman–Crippen LogP) is 3.02. The van der Waals surface area contributed by atoms with E-state index in [9.17, 15) is 0 Å². The lowest BCUT2D eigenvalue weighted by atomic mass is 10.2. The number of aromatic nitrogens is 3. The molecule has 2 N–H and O–H groups in total. The fourth-order valence-corrected chi connectivity index (χ4v) is 2.49.